The number of carbonyl (C=O) groups excluding carboxylic acids is 1. The molecular weight excluding hydrogens is 342 g/mol. The smallest absolute Gasteiger partial charge is 0.289 e. The topological polar surface area (TPSA) is 106 Å². The second-order valence-electron chi connectivity index (χ2n) is 6.05. The van der Waals surface area contributed by atoms with Gasteiger partial charge in [0.05, 0.1) is 0 Å². The standard InChI is InChI=1S/C17H21N3O4S/c1-19-25(22,23)16-8-7-15(24-16)17(21)20-10-13(9-18)14(11-20)12-5-3-2-4-6-12/h2-8,13-14,19H,9-11,18H2,1H3/t13-,14+/m1/s1. The zero-order chi connectivity index (χ0) is 18.0. The Balaban J connectivity index is 1.80. The van der Waals surface area contributed by atoms with Crippen molar-refractivity contribution < 1.29 is 17.6 Å². The summed E-state index contributed by atoms with van der Waals surface area (Å²) in [5.74, 6) is 0.000176. The summed E-state index contributed by atoms with van der Waals surface area (Å²) in [6, 6.07) is 12.6. The molecule has 2 heterocycles. The number of rotatable bonds is 5. The third-order valence-corrected chi connectivity index (χ3v) is 5.87. The maximum absolute atomic E-state index is 12.7. The molecule has 1 aliphatic rings. The Morgan fingerprint density at radius 3 is 2.60 bits per heavy atom. The zero-order valence-electron chi connectivity index (χ0n) is 13.9. The molecule has 0 bridgehead atoms. The highest BCUT2D eigenvalue weighted by Gasteiger charge is 2.36. The van der Waals surface area contributed by atoms with Crippen molar-refractivity contribution in [1.82, 2.24) is 9.62 Å². The van der Waals surface area contributed by atoms with Gasteiger partial charge in [-0.1, -0.05) is 30.3 Å². The van der Waals surface area contributed by atoms with E-state index in [1.54, 1.807) is 4.90 Å². The van der Waals surface area contributed by atoms with Crippen LogP contribution in [0.1, 0.15) is 22.0 Å². The van der Waals surface area contributed by atoms with Gasteiger partial charge in [-0.15, -0.1) is 0 Å². The molecule has 1 fully saturated rings. The molecule has 3 rings (SSSR count). The van der Waals surface area contributed by atoms with E-state index < -0.39 is 10.0 Å². The van der Waals surface area contributed by atoms with Gasteiger partial charge in [0.1, 0.15) is 0 Å². The van der Waals surface area contributed by atoms with Crippen LogP contribution in [-0.4, -0.2) is 45.9 Å². The van der Waals surface area contributed by atoms with Gasteiger partial charge in [-0.05, 0) is 37.2 Å². The number of furan rings is 1. The summed E-state index contributed by atoms with van der Waals surface area (Å²) in [4.78, 5) is 14.4. The lowest BCUT2D eigenvalue weighted by Crippen LogP contribution is -2.29. The first-order chi connectivity index (χ1) is 12.0. The summed E-state index contributed by atoms with van der Waals surface area (Å²) in [5, 5.41) is -0.271. The second-order valence-corrected chi connectivity index (χ2v) is 7.87. The Morgan fingerprint density at radius 2 is 1.96 bits per heavy atom. The van der Waals surface area contributed by atoms with Gasteiger partial charge in [0, 0.05) is 19.0 Å². The summed E-state index contributed by atoms with van der Waals surface area (Å²) in [6.45, 7) is 1.52. The van der Waals surface area contributed by atoms with Crippen molar-refractivity contribution in [2.24, 2.45) is 11.7 Å². The van der Waals surface area contributed by atoms with E-state index in [0.29, 0.717) is 19.6 Å². The van der Waals surface area contributed by atoms with E-state index in [-0.39, 0.29) is 28.6 Å². The summed E-state index contributed by atoms with van der Waals surface area (Å²) in [5.41, 5.74) is 7.04. The Labute approximate surface area is 146 Å². The fourth-order valence-corrected chi connectivity index (χ4v) is 3.84. The van der Waals surface area contributed by atoms with E-state index in [2.05, 4.69) is 4.72 Å². The normalized spacial score (nSPS) is 20.8. The first-order valence-electron chi connectivity index (χ1n) is 8.04. The van der Waals surface area contributed by atoms with Crippen LogP contribution < -0.4 is 10.5 Å². The fraction of sp³-hybridized carbons (Fsp3) is 0.353. The molecule has 134 valence electrons. The highest BCUT2D eigenvalue weighted by atomic mass is 32.2. The predicted molar refractivity (Wildman–Crippen MR) is 92.6 cm³/mol. The lowest BCUT2D eigenvalue weighted by Gasteiger charge is -2.16. The molecule has 0 unspecified atom stereocenters. The molecule has 7 nitrogen and oxygen atoms in total. The molecule has 1 aliphatic heterocycles. The lowest BCUT2D eigenvalue weighted by molar-refractivity contribution is 0.0749. The largest absolute Gasteiger partial charge is 0.438 e. The molecule has 1 aromatic carbocycles. The minimum absolute atomic E-state index is 0.0123. The highest BCUT2D eigenvalue weighted by molar-refractivity contribution is 7.89. The molecule has 1 amide bonds. The monoisotopic (exact) mass is 363 g/mol. The van der Waals surface area contributed by atoms with Crippen LogP contribution in [0.15, 0.2) is 52.0 Å². The van der Waals surface area contributed by atoms with E-state index >= 15 is 0 Å². The van der Waals surface area contributed by atoms with Crippen molar-refractivity contribution in [2.45, 2.75) is 11.0 Å². The minimum atomic E-state index is -3.71. The average molecular weight is 363 g/mol. The van der Waals surface area contributed by atoms with Gasteiger partial charge in [-0.2, -0.15) is 0 Å². The van der Waals surface area contributed by atoms with Crippen molar-refractivity contribution in [3.63, 3.8) is 0 Å². The fourth-order valence-electron chi connectivity index (χ4n) is 3.19. The minimum Gasteiger partial charge on any atom is -0.438 e. The average Bonchev–Trinajstić information content (AvgIpc) is 3.29. The number of hydrogen-bond donors (Lipinski definition) is 2. The lowest BCUT2D eigenvalue weighted by atomic mass is 9.89. The van der Waals surface area contributed by atoms with E-state index in [0.717, 1.165) is 5.56 Å². The van der Waals surface area contributed by atoms with Gasteiger partial charge in [0.2, 0.25) is 5.09 Å². The van der Waals surface area contributed by atoms with Gasteiger partial charge in [0.15, 0.2) is 5.76 Å². The number of carbonyl (C=O) groups is 1. The van der Waals surface area contributed by atoms with Crippen molar-refractivity contribution in [1.29, 1.82) is 0 Å². The van der Waals surface area contributed by atoms with Crippen molar-refractivity contribution in [2.75, 3.05) is 26.7 Å². The third kappa shape index (κ3) is 3.46. The highest BCUT2D eigenvalue weighted by Crippen LogP contribution is 2.33. The van der Waals surface area contributed by atoms with Crippen LogP contribution in [0, 0.1) is 5.92 Å². The molecule has 1 saturated heterocycles. The van der Waals surface area contributed by atoms with Crippen molar-refractivity contribution in [3.05, 3.63) is 53.8 Å². The van der Waals surface area contributed by atoms with Gasteiger partial charge < -0.3 is 15.1 Å². The number of amides is 1. The molecule has 8 heteroatoms. The Kier molecular flexibility index (Phi) is 4.94. The summed E-state index contributed by atoms with van der Waals surface area (Å²) in [6.07, 6.45) is 0. The maximum Gasteiger partial charge on any atom is 0.289 e. The molecule has 0 aliphatic carbocycles. The molecule has 0 radical (unpaired) electrons. The van der Waals surface area contributed by atoms with Gasteiger partial charge in [-0.25, -0.2) is 13.1 Å². The van der Waals surface area contributed by atoms with Gasteiger partial charge in [-0.3, -0.25) is 4.79 Å². The molecule has 3 N–H and O–H groups in total. The Morgan fingerprint density at radius 1 is 1.24 bits per heavy atom. The number of benzene rings is 1. The molecular formula is C17H21N3O4S. The second kappa shape index (κ2) is 6.99. The Hall–Kier alpha value is -2.16. The number of nitrogens with one attached hydrogen (secondary N) is 1. The zero-order valence-corrected chi connectivity index (χ0v) is 14.7. The molecule has 25 heavy (non-hydrogen) atoms. The number of hydrogen-bond acceptors (Lipinski definition) is 5. The number of sulfonamides is 1. The van der Waals surface area contributed by atoms with Gasteiger partial charge >= 0.3 is 0 Å². The van der Waals surface area contributed by atoms with Crippen molar-refractivity contribution in [3.8, 4) is 0 Å². The van der Waals surface area contributed by atoms with Crippen LogP contribution in [0.5, 0.6) is 0 Å². The number of likely N-dealkylation sites (tertiary alicyclic amines) is 1. The summed E-state index contributed by atoms with van der Waals surface area (Å²) >= 11 is 0. The SMILES string of the molecule is CNS(=O)(=O)c1ccc(C(=O)N2C[C@@H](CN)[C@H](c3ccccc3)C2)o1. The van der Waals surface area contributed by atoms with Crippen LogP contribution in [0.2, 0.25) is 0 Å². The van der Waals surface area contributed by atoms with Gasteiger partial charge in [0.25, 0.3) is 15.9 Å². The van der Waals surface area contributed by atoms with E-state index in [1.165, 1.54) is 19.2 Å². The van der Waals surface area contributed by atoms with Crippen LogP contribution >= 0.6 is 0 Å². The molecule has 0 spiro atoms. The third-order valence-electron chi connectivity index (χ3n) is 4.58. The molecule has 0 saturated carbocycles. The number of nitrogens with two attached hydrogens (primary N) is 1. The Bertz CT molecular complexity index is 848. The number of nitrogens with zero attached hydrogens (tertiary/aromatic N) is 1. The first kappa shape index (κ1) is 17.7. The van der Waals surface area contributed by atoms with Crippen LogP contribution in [-0.2, 0) is 10.0 Å². The van der Waals surface area contributed by atoms with E-state index in [1.807, 2.05) is 30.3 Å². The molecule has 1 aromatic heterocycles. The summed E-state index contributed by atoms with van der Waals surface area (Å²) < 4.78 is 30.9. The predicted octanol–water partition coefficient (Wildman–Crippen LogP) is 1.00. The van der Waals surface area contributed by atoms with Crippen LogP contribution in [0.4, 0.5) is 0 Å². The maximum atomic E-state index is 12.7. The molecule has 2 atom stereocenters. The van der Waals surface area contributed by atoms with Crippen LogP contribution in [0.3, 0.4) is 0 Å². The summed E-state index contributed by atoms with van der Waals surface area (Å²) in [7, 11) is -2.42. The van der Waals surface area contributed by atoms with Crippen LogP contribution in [0.25, 0.3) is 0 Å². The van der Waals surface area contributed by atoms with E-state index in [9.17, 15) is 13.2 Å². The van der Waals surface area contributed by atoms with E-state index in [4.69, 9.17) is 10.2 Å². The van der Waals surface area contributed by atoms with Crippen molar-refractivity contribution >= 4 is 15.9 Å². The molecule has 2 aromatic rings. The quantitative estimate of drug-likeness (QED) is 0.824. The first-order valence-corrected chi connectivity index (χ1v) is 9.52.